The Kier molecular flexibility index (Phi) is 5.31. The molecule has 4 bridgehead atoms. The Morgan fingerprint density at radius 2 is 1.31 bits per heavy atom. The monoisotopic (exact) mass is 610 g/mol. The average molecular weight is 611 g/mol. The molecule has 2 aromatic carbocycles. The predicted octanol–water partition coefficient (Wildman–Crippen LogP) is 2.28. The maximum atomic E-state index is 13.4. The standard InChI is InChI=1S/C36H38N2O7/c1-37-13-11-35-20-5-7-24(39)33(35)44-31-26(9-3-18(29(31)35)15-22(20)37)42-17-28(41)43-27-10-4-19-16-23-21-6-8-25(40)34-36(21,12-14-38(23)2)30(19)32(27)45-34/h3-10,20-25,33-34,39-40H,11-17H2,1-2H3/t20-,21-,22+,23+,24-,25-,33-,34-,35-,36-/m0/s1. The van der Waals surface area contributed by atoms with E-state index in [0.717, 1.165) is 49.9 Å². The van der Waals surface area contributed by atoms with Gasteiger partial charge in [0, 0.05) is 45.9 Å². The number of nitrogens with zero attached hydrogens (tertiary/aromatic N) is 2. The zero-order valence-corrected chi connectivity index (χ0v) is 25.5. The van der Waals surface area contributed by atoms with Gasteiger partial charge in [-0.3, -0.25) is 0 Å². The Labute approximate surface area is 262 Å². The molecule has 9 heteroatoms. The molecule has 0 saturated carbocycles. The lowest BCUT2D eigenvalue weighted by molar-refractivity contribution is -0.136. The van der Waals surface area contributed by atoms with E-state index in [1.165, 1.54) is 11.1 Å². The van der Waals surface area contributed by atoms with Crippen molar-refractivity contribution in [3.63, 3.8) is 0 Å². The molecule has 0 unspecified atom stereocenters. The number of carbonyl (C=O) groups is 1. The summed E-state index contributed by atoms with van der Waals surface area (Å²) in [4.78, 5) is 18.2. The van der Waals surface area contributed by atoms with Gasteiger partial charge in [0.2, 0.25) is 0 Å². The van der Waals surface area contributed by atoms with Crippen molar-refractivity contribution in [1.82, 2.24) is 9.80 Å². The van der Waals surface area contributed by atoms with Crippen molar-refractivity contribution in [2.45, 2.75) is 73.0 Å². The van der Waals surface area contributed by atoms with Crippen molar-refractivity contribution < 1.29 is 34.0 Å². The molecule has 2 spiro atoms. The molecule has 2 fully saturated rings. The zero-order chi connectivity index (χ0) is 30.4. The minimum Gasteiger partial charge on any atom is -0.482 e. The maximum absolute atomic E-state index is 13.4. The normalized spacial score (nSPS) is 40.7. The molecule has 2 N–H and O–H groups in total. The number of piperidine rings is 2. The first kappa shape index (κ1) is 26.8. The summed E-state index contributed by atoms with van der Waals surface area (Å²) in [5.74, 6) is 2.08. The van der Waals surface area contributed by atoms with E-state index in [0.29, 0.717) is 35.1 Å². The Morgan fingerprint density at radius 3 is 1.87 bits per heavy atom. The van der Waals surface area contributed by atoms with Gasteiger partial charge in [0.15, 0.2) is 29.6 Å². The highest BCUT2D eigenvalue weighted by Gasteiger charge is 2.65. The number of likely N-dealkylation sites (tertiary alicyclic amines) is 2. The third-order valence-corrected chi connectivity index (χ3v) is 12.8. The Balaban J connectivity index is 0.942. The number of benzene rings is 2. The zero-order valence-electron chi connectivity index (χ0n) is 25.5. The molecule has 4 aliphatic carbocycles. The van der Waals surface area contributed by atoms with E-state index in [-0.39, 0.29) is 35.4 Å². The van der Waals surface area contributed by atoms with Crippen LogP contribution in [0.25, 0.3) is 0 Å². The van der Waals surface area contributed by atoms with Crippen LogP contribution in [0.3, 0.4) is 0 Å². The van der Waals surface area contributed by atoms with Gasteiger partial charge in [-0.15, -0.1) is 0 Å². The molecule has 2 aromatic rings. The number of aliphatic hydroxyl groups is 2. The second-order valence-corrected chi connectivity index (χ2v) is 14.6. The highest BCUT2D eigenvalue weighted by atomic mass is 16.6. The minimum absolute atomic E-state index is 0.237. The van der Waals surface area contributed by atoms with Crippen LogP contribution in [-0.4, -0.2) is 96.3 Å². The first-order valence-corrected chi connectivity index (χ1v) is 16.4. The van der Waals surface area contributed by atoms with E-state index >= 15 is 0 Å². The number of rotatable bonds is 4. The number of carbonyl (C=O) groups excluding carboxylic acids is 1. The van der Waals surface area contributed by atoms with Crippen LogP contribution in [-0.2, 0) is 28.5 Å². The maximum Gasteiger partial charge on any atom is 0.349 e. The number of likely N-dealkylation sites (N-methyl/N-ethyl adjacent to an activating group) is 2. The fourth-order valence-electron chi connectivity index (χ4n) is 10.9. The van der Waals surface area contributed by atoms with Crippen LogP contribution in [0.5, 0.6) is 23.0 Å². The van der Waals surface area contributed by atoms with Gasteiger partial charge in [0.1, 0.15) is 24.4 Å². The number of esters is 1. The fraction of sp³-hybridized carbons (Fsp3) is 0.528. The molecular weight excluding hydrogens is 572 g/mol. The van der Waals surface area contributed by atoms with Gasteiger partial charge in [-0.2, -0.15) is 0 Å². The Morgan fingerprint density at radius 1 is 0.800 bits per heavy atom. The predicted molar refractivity (Wildman–Crippen MR) is 163 cm³/mol. The Hall–Kier alpha value is -3.37. The fourth-order valence-corrected chi connectivity index (χ4v) is 10.9. The van der Waals surface area contributed by atoms with Crippen LogP contribution in [0.4, 0.5) is 0 Å². The quantitative estimate of drug-likeness (QED) is 0.307. The van der Waals surface area contributed by atoms with Crippen LogP contribution in [0.15, 0.2) is 48.6 Å². The van der Waals surface area contributed by atoms with Crippen molar-refractivity contribution in [3.8, 4) is 23.0 Å². The van der Waals surface area contributed by atoms with Gasteiger partial charge in [-0.25, -0.2) is 4.79 Å². The second-order valence-electron chi connectivity index (χ2n) is 14.6. The average Bonchev–Trinajstić information content (AvgIpc) is 3.57. The van der Waals surface area contributed by atoms with E-state index in [9.17, 15) is 15.0 Å². The summed E-state index contributed by atoms with van der Waals surface area (Å²) >= 11 is 0. The molecule has 4 heterocycles. The van der Waals surface area contributed by atoms with Crippen LogP contribution >= 0.6 is 0 Å². The number of aliphatic hydroxyl groups excluding tert-OH is 2. The summed E-state index contributed by atoms with van der Waals surface area (Å²) in [7, 11) is 4.37. The molecule has 10 atom stereocenters. The molecule has 4 aliphatic heterocycles. The van der Waals surface area contributed by atoms with Crippen LogP contribution in [0, 0.1) is 11.8 Å². The topological polar surface area (TPSA) is 101 Å². The van der Waals surface area contributed by atoms with Gasteiger partial charge in [-0.05, 0) is 76.1 Å². The number of hydrogen-bond acceptors (Lipinski definition) is 9. The van der Waals surface area contributed by atoms with Crippen molar-refractivity contribution in [2.75, 3.05) is 33.8 Å². The summed E-state index contributed by atoms with van der Waals surface area (Å²) in [5, 5.41) is 22.1. The minimum atomic E-state index is -0.719. The van der Waals surface area contributed by atoms with Crippen LogP contribution < -0.4 is 18.9 Å². The molecule has 0 amide bonds. The molecule has 9 nitrogen and oxygen atoms in total. The van der Waals surface area contributed by atoms with Gasteiger partial charge in [0.05, 0.1) is 0 Å². The SMILES string of the molecule is CN1CC[C@]23c4c5ccc(OCC(=O)Oc6ccc7c8c6O[C@H]6[C@@H](O)C=C[C@H]9[C@@H](C7)N(C)CC[C@@]896)c4O[C@H]2[C@@H](O)C=C[C@H]3[C@H]1C5. The number of ether oxygens (including phenoxy) is 4. The van der Waals surface area contributed by atoms with Crippen LogP contribution in [0.2, 0.25) is 0 Å². The first-order chi connectivity index (χ1) is 21.8. The van der Waals surface area contributed by atoms with E-state index in [4.69, 9.17) is 18.9 Å². The molecule has 2 saturated heterocycles. The summed E-state index contributed by atoms with van der Waals surface area (Å²) in [6.07, 6.45) is 9.52. The highest BCUT2D eigenvalue weighted by molar-refractivity contribution is 5.76. The third-order valence-electron chi connectivity index (χ3n) is 12.8. The molecule has 45 heavy (non-hydrogen) atoms. The van der Waals surface area contributed by atoms with Crippen molar-refractivity contribution >= 4 is 5.97 Å². The van der Waals surface area contributed by atoms with Gasteiger partial charge >= 0.3 is 5.97 Å². The van der Waals surface area contributed by atoms with E-state index in [1.807, 2.05) is 24.3 Å². The Bertz CT molecular complexity index is 1720. The van der Waals surface area contributed by atoms with Gasteiger partial charge in [-0.1, -0.05) is 36.4 Å². The number of hydrogen-bond donors (Lipinski definition) is 2. The molecular formula is C36H38N2O7. The summed E-state index contributed by atoms with van der Waals surface area (Å²) in [6, 6.07) is 8.59. The van der Waals surface area contributed by atoms with Crippen molar-refractivity contribution in [3.05, 3.63) is 70.8 Å². The molecule has 10 rings (SSSR count). The van der Waals surface area contributed by atoms with Gasteiger partial charge in [0.25, 0.3) is 0 Å². The molecule has 8 aliphatic rings. The highest BCUT2D eigenvalue weighted by Crippen LogP contribution is 2.64. The lowest BCUT2D eigenvalue weighted by Gasteiger charge is -2.56. The van der Waals surface area contributed by atoms with Gasteiger partial charge < -0.3 is 39.0 Å². The molecule has 0 aromatic heterocycles. The molecule has 234 valence electrons. The summed E-state index contributed by atoms with van der Waals surface area (Å²) in [6.45, 7) is 1.57. The largest absolute Gasteiger partial charge is 0.482 e. The second kappa shape index (κ2) is 8.91. The van der Waals surface area contributed by atoms with Crippen LogP contribution in [0.1, 0.15) is 35.1 Å². The lowest BCUT2D eigenvalue weighted by atomic mass is 9.53. The third kappa shape index (κ3) is 3.20. The molecule has 0 radical (unpaired) electrons. The smallest absolute Gasteiger partial charge is 0.349 e. The van der Waals surface area contributed by atoms with E-state index in [1.54, 1.807) is 0 Å². The van der Waals surface area contributed by atoms with Crippen molar-refractivity contribution in [1.29, 1.82) is 0 Å². The van der Waals surface area contributed by atoms with Crippen molar-refractivity contribution in [2.24, 2.45) is 11.8 Å². The first-order valence-electron chi connectivity index (χ1n) is 16.4. The summed E-state index contributed by atoms with van der Waals surface area (Å²) in [5.41, 5.74) is 4.08. The lowest BCUT2D eigenvalue weighted by Crippen LogP contribution is -2.64. The summed E-state index contributed by atoms with van der Waals surface area (Å²) < 4.78 is 25.2. The van der Waals surface area contributed by atoms with E-state index in [2.05, 4.69) is 48.2 Å². The van der Waals surface area contributed by atoms with E-state index < -0.39 is 24.3 Å².